The molecular weight excluding hydrogens is 332 g/mol. The maximum atomic E-state index is 11.1. The summed E-state index contributed by atoms with van der Waals surface area (Å²) < 4.78 is 10.1. The summed E-state index contributed by atoms with van der Waals surface area (Å²) in [6, 6.07) is 8.48. The van der Waals surface area contributed by atoms with E-state index in [0.29, 0.717) is 11.3 Å². The number of nitro groups is 2. The van der Waals surface area contributed by atoms with Crippen molar-refractivity contribution in [3.63, 3.8) is 0 Å². The van der Waals surface area contributed by atoms with Crippen molar-refractivity contribution in [1.29, 1.82) is 0 Å². The van der Waals surface area contributed by atoms with Gasteiger partial charge in [0.25, 0.3) is 5.69 Å². The normalized spacial score (nSPS) is 10.5. The summed E-state index contributed by atoms with van der Waals surface area (Å²) in [5, 5.41) is 25.7. The lowest BCUT2D eigenvalue weighted by molar-refractivity contribution is -0.385. The minimum Gasteiger partial charge on any atom is -0.493 e. The summed E-state index contributed by atoms with van der Waals surface area (Å²) in [5.74, 6) is 0.224. The van der Waals surface area contributed by atoms with Gasteiger partial charge >= 0.3 is 5.69 Å². The van der Waals surface area contributed by atoms with Crippen molar-refractivity contribution in [1.82, 2.24) is 0 Å². The first-order chi connectivity index (χ1) is 12.0. The van der Waals surface area contributed by atoms with Crippen LogP contribution in [0.4, 0.5) is 17.1 Å². The van der Waals surface area contributed by atoms with E-state index in [0.717, 1.165) is 0 Å². The summed E-state index contributed by atoms with van der Waals surface area (Å²) >= 11 is 0. The molecule has 0 aliphatic carbocycles. The molecule has 10 heteroatoms. The van der Waals surface area contributed by atoms with Gasteiger partial charge in [-0.1, -0.05) is 0 Å². The summed E-state index contributed by atoms with van der Waals surface area (Å²) in [6.07, 6.45) is 1.36. The molecule has 2 aromatic carbocycles. The molecule has 0 radical (unpaired) electrons. The Morgan fingerprint density at radius 2 is 1.72 bits per heavy atom. The van der Waals surface area contributed by atoms with E-state index in [1.807, 2.05) is 0 Å². The van der Waals surface area contributed by atoms with E-state index in [-0.39, 0.29) is 22.9 Å². The van der Waals surface area contributed by atoms with Crippen molar-refractivity contribution in [3.05, 3.63) is 62.2 Å². The molecule has 0 heterocycles. The Bertz CT molecular complexity index is 820. The minimum absolute atomic E-state index is 0.0213. The van der Waals surface area contributed by atoms with Crippen LogP contribution in [0.5, 0.6) is 11.5 Å². The number of nitrogens with zero attached hydrogens (tertiary/aromatic N) is 3. The van der Waals surface area contributed by atoms with E-state index in [1.54, 1.807) is 0 Å². The van der Waals surface area contributed by atoms with Gasteiger partial charge in [0.2, 0.25) is 5.75 Å². The van der Waals surface area contributed by atoms with Crippen LogP contribution in [-0.2, 0) is 0 Å². The van der Waals surface area contributed by atoms with Crippen LogP contribution >= 0.6 is 0 Å². The summed E-state index contributed by atoms with van der Waals surface area (Å²) in [4.78, 5) is 20.6. The molecule has 0 fully saturated rings. The molecule has 1 N–H and O–H groups in total. The number of hydrogen-bond donors (Lipinski definition) is 1. The van der Waals surface area contributed by atoms with Gasteiger partial charge in [0.1, 0.15) is 0 Å². The molecule has 10 nitrogen and oxygen atoms in total. The van der Waals surface area contributed by atoms with Crippen LogP contribution < -0.4 is 14.9 Å². The SMILES string of the molecule is COc1cc(/C=N/Nc2ccc([N+](=O)[O-])cc2)cc([N+](=O)[O-])c1OC. The van der Waals surface area contributed by atoms with E-state index in [9.17, 15) is 20.2 Å². The second-order valence-electron chi connectivity index (χ2n) is 4.71. The molecule has 2 aromatic rings. The lowest BCUT2D eigenvalue weighted by Gasteiger charge is -2.08. The molecular formula is C15H14N4O6. The first-order valence-electron chi connectivity index (χ1n) is 6.90. The molecule has 0 spiro atoms. The number of benzene rings is 2. The number of rotatable bonds is 7. The van der Waals surface area contributed by atoms with Crippen molar-refractivity contribution in [2.75, 3.05) is 19.6 Å². The van der Waals surface area contributed by atoms with Gasteiger partial charge < -0.3 is 9.47 Å². The zero-order valence-corrected chi connectivity index (χ0v) is 13.3. The van der Waals surface area contributed by atoms with Gasteiger partial charge in [-0.15, -0.1) is 0 Å². The lowest BCUT2D eigenvalue weighted by Crippen LogP contribution is -1.99. The van der Waals surface area contributed by atoms with Crippen LogP contribution in [0.15, 0.2) is 41.5 Å². The molecule has 0 unspecified atom stereocenters. The summed E-state index contributed by atoms with van der Waals surface area (Å²) in [6.45, 7) is 0. The van der Waals surface area contributed by atoms with Crippen molar-refractivity contribution < 1.29 is 19.3 Å². The molecule has 130 valence electrons. The third-order valence-corrected chi connectivity index (χ3v) is 3.16. The average molecular weight is 346 g/mol. The van der Waals surface area contributed by atoms with Crippen LogP contribution in [0.2, 0.25) is 0 Å². The molecule has 0 bridgehead atoms. The van der Waals surface area contributed by atoms with Gasteiger partial charge in [0, 0.05) is 23.8 Å². The third-order valence-electron chi connectivity index (χ3n) is 3.16. The fourth-order valence-electron chi connectivity index (χ4n) is 2.01. The van der Waals surface area contributed by atoms with Crippen LogP contribution in [0, 0.1) is 20.2 Å². The zero-order valence-electron chi connectivity index (χ0n) is 13.3. The molecule has 0 amide bonds. The van der Waals surface area contributed by atoms with Crippen molar-refractivity contribution >= 4 is 23.3 Å². The second-order valence-corrected chi connectivity index (χ2v) is 4.71. The molecule has 0 aliphatic rings. The standard InChI is InChI=1S/C15H14N4O6/c1-24-14-8-10(7-13(19(22)23)15(14)25-2)9-16-17-11-3-5-12(6-4-11)18(20)21/h3-9,17H,1-2H3/b16-9+. The smallest absolute Gasteiger partial charge is 0.315 e. The number of methoxy groups -OCH3 is 2. The van der Waals surface area contributed by atoms with Crippen molar-refractivity contribution in [2.45, 2.75) is 0 Å². The number of nitrogens with one attached hydrogen (secondary N) is 1. The first kappa shape index (κ1) is 17.7. The highest BCUT2D eigenvalue weighted by atomic mass is 16.6. The van der Waals surface area contributed by atoms with Gasteiger partial charge in [-0.2, -0.15) is 5.10 Å². The average Bonchev–Trinajstić information content (AvgIpc) is 2.61. The van der Waals surface area contributed by atoms with Crippen LogP contribution in [0.25, 0.3) is 0 Å². The predicted molar refractivity (Wildman–Crippen MR) is 90.5 cm³/mol. The van der Waals surface area contributed by atoms with Crippen LogP contribution in [0.1, 0.15) is 5.56 Å². The Morgan fingerprint density at radius 1 is 1.04 bits per heavy atom. The number of hydrazone groups is 1. The maximum absolute atomic E-state index is 11.1. The Kier molecular flexibility index (Phi) is 5.46. The largest absolute Gasteiger partial charge is 0.493 e. The Morgan fingerprint density at radius 3 is 2.24 bits per heavy atom. The first-order valence-corrected chi connectivity index (χ1v) is 6.90. The fraction of sp³-hybridized carbons (Fsp3) is 0.133. The van der Waals surface area contributed by atoms with Gasteiger partial charge in [-0.25, -0.2) is 0 Å². The fourth-order valence-corrected chi connectivity index (χ4v) is 2.01. The van der Waals surface area contributed by atoms with Crippen molar-refractivity contribution in [2.24, 2.45) is 5.10 Å². The molecule has 2 rings (SSSR count). The van der Waals surface area contributed by atoms with Crippen molar-refractivity contribution in [3.8, 4) is 11.5 Å². The number of hydrogen-bond acceptors (Lipinski definition) is 8. The molecule has 0 atom stereocenters. The quantitative estimate of drug-likeness (QED) is 0.463. The Labute approximate surface area is 142 Å². The predicted octanol–water partition coefficient (Wildman–Crippen LogP) is 2.97. The lowest BCUT2D eigenvalue weighted by atomic mass is 10.2. The number of ether oxygens (including phenoxy) is 2. The number of anilines is 1. The van der Waals surface area contributed by atoms with E-state index in [4.69, 9.17) is 9.47 Å². The van der Waals surface area contributed by atoms with E-state index < -0.39 is 9.85 Å². The minimum atomic E-state index is -0.581. The van der Waals surface area contributed by atoms with Gasteiger partial charge in [-0.05, 0) is 18.2 Å². The van der Waals surface area contributed by atoms with Gasteiger partial charge in [0.05, 0.1) is 36.0 Å². The summed E-state index contributed by atoms with van der Waals surface area (Å²) in [5.41, 5.74) is 3.33. The topological polar surface area (TPSA) is 129 Å². The summed E-state index contributed by atoms with van der Waals surface area (Å²) in [7, 11) is 2.69. The van der Waals surface area contributed by atoms with E-state index in [1.165, 1.54) is 56.8 Å². The highest BCUT2D eigenvalue weighted by molar-refractivity contribution is 5.83. The second kappa shape index (κ2) is 7.73. The molecule has 25 heavy (non-hydrogen) atoms. The maximum Gasteiger partial charge on any atom is 0.315 e. The van der Waals surface area contributed by atoms with E-state index >= 15 is 0 Å². The number of nitro benzene ring substituents is 2. The van der Waals surface area contributed by atoms with Gasteiger partial charge in [0.15, 0.2) is 5.75 Å². The monoisotopic (exact) mass is 346 g/mol. The molecule has 0 aliphatic heterocycles. The molecule has 0 saturated carbocycles. The van der Waals surface area contributed by atoms with Gasteiger partial charge in [-0.3, -0.25) is 25.7 Å². The zero-order chi connectivity index (χ0) is 18.4. The van der Waals surface area contributed by atoms with Crippen LogP contribution in [-0.4, -0.2) is 30.3 Å². The van der Waals surface area contributed by atoms with Crippen LogP contribution in [0.3, 0.4) is 0 Å². The Balaban J connectivity index is 2.21. The number of non-ortho nitro benzene ring substituents is 1. The molecule has 0 saturated heterocycles. The van der Waals surface area contributed by atoms with E-state index in [2.05, 4.69) is 10.5 Å². The Hall–Kier alpha value is -3.69. The highest BCUT2D eigenvalue weighted by Crippen LogP contribution is 2.37. The third kappa shape index (κ3) is 4.19. The molecule has 0 aromatic heterocycles. The highest BCUT2D eigenvalue weighted by Gasteiger charge is 2.21.